The number of ether oxygens (including phenoxy) is 2. The third-order valence-corrected chi connectivity index (χ3v) is 5.67. The van der Waals surface area contributed by atoms with E-state index in [0.29, 0.717) is 31.1 Å². The Morgan fingerprint density at radius 1 is 1.19 bits per heavy atom. The van der Waals surface area contributed by atoms with Crippen LogP contribution < -0.4 is 10.1 Å². The minimum absolute atomic E-state index is 0.0113. The van der Waals surface area contributed by atoms with Crippen LogP contribution in [0.4, 0.5) is 4.39 Å². The normalized spacial score (nSPS) is 15.3. The van der Waals surface area contributed by atoms with Crippen molar-refractivity contribution in [2.45, 2.75) is 6.04 Å². The molecule has 0 saturated carbocycles. The van der Waals surface area contributed by atoms with E-state index in [4.69, 9.17) is 9.47 Å². The maximum absolute atomic E-state index is 13.2. The summed E-state index contributed by atoms with van der Waals surface area (Å²) in [6.07, 6.45) is 0. The molecule has 1 saturated heterocycles. The quantitative estimate of drug-likeness (QED) is 0.614. The maximum Gasteiger partial charge on any atom is 0.269 e. The van der Waals surface area contributed by atoms with Crippen molar-refractivity contribution >= 4 is 5.91 Å². The molecule has 1 aliphatic rings. The summed E-state index contributed by atoms with van der Waals surface area (Å²) in [5.74, 6) is 0.256. The number of hydrogen-bond acceptors (Lipinski definition) is 5. The van der Waals surface area contributed by atoms with Gasteiger partial charge in [-0.2, -0.15) is 5.10 Å². The SMILES string of the molecule is COc1cccc(C(CNC(=O)c2cc(-c3ccc(F)cc3)nn2C)N2CCOCC2)c1. The van der Waals surface area contributed by atoms with Crippen LogP contribution in [-0.2, 0) is 11.8 Å². The van der Waals surface area contributed by atoms with Crippen molar-refractivity contribution in [1.82, 2.24) is 20.0 Å². The van der Waals surface area contributed by atoms with Crippen molar-refractivity contribution in [2.75, 3.05) is 40.0 Å². The van der Waals surface area contributed by atoms with Gasteiger partial charge in [-0.25, -0.2) is 4.39 Å². The first-order chi connectivity index (χ1) is 15.5. The summed E-state index contributed by atoms with van der Waals surface area (Å²) in [7, 11) is 3.37. The van der Waals surface area contributed by atoms with E-state index in [1.165, 1.54) is 12.1 Å². The number of nitrogens with one attached hydrogen (secondary N) is 1. The topological polar surface area (TPSA) is 68.6 Å². The minimum atomic E-state index is -0.311. The molecule has 1 amide bonds. The molecule has 7 nitrogen and oxygen atoms in total. The van der Waals surface area contributed by atoms with E-state index in [-0.39, 0.29) is 17.8 Å². The number of carbonyl (C=O) groups is 1. The van der Waals surface area contributed by atoms with E-state index in [2.05, 4.69) is 15.3 Å². The first-order valence-corrected chi connectivity index (χ1v) is 10.6. The second kappa shape index (κ2) is 9.93. The first kappa shape index (κ1) is 22.0. The lowest BCUT2D eigenvalue weighted by Crippen LogP contribution is -2.44. The molecule has 0 spiro atoms. The smallest absolute Gasteiger partial charge is 0.269 e. The monoisotopic (exact) mass is 438 g/mol. The third kappa shape index (κ3) is 4.98. The molecule has 1 aromatic heterocycles. The van der Waals surface area contributed by atoms with Crippen molar-refractivity contribution in [3.8, 4) is 17.0 Å². The summed E-state index contributed by atoms with van der Waals surface area (Å²) in [5, 5.41) is 7.48. The van der Waals surface area contributed by atoms with Gasteiger partial charge in [-0.05, 0) is 48.0 Å². The predicted molar refractivity (Wildman–Crippen MR) is 119 cm³/mol. The fraction of sp³-hybridized carbons (Fsp3) is 0.333. The van der Waals surface area contributed by atoms with Crippen LogP contribution in [-0.4, -0.2) is 60.5 Å². The number of aryl methyl sites for hydroxylation is 1. The van der Waals surface area contributed by atoms with Gasteiger partial charge < -0.3 is 14.8 Å². The molecule has 4 rings (SSSR count). The molecule has 1 aliphatic heterocycles. The predicted octanol–water partition coefficient (Wildman–Crippen LogP) is 3.04. The third-order valence-electron chi connectivity index (χ3n) is 5.67. The number of methoxy groups -OCH3 is 1. The van der Waals surface area contributed by atoms with Crippen molar-refractivity contribution in [3.63, 3.8) is 0 Å². The molecule has 1 N–H and O–H groups in total. The molecule has 0 radical (unpaired) electrons. The zero-order chi connectivity index (χ0) is 22.5. The van der Waals surface area contributed by atoms with Crippen LogP contribution in [0.1, 0.15) is 22.1 Å². The van der Waals surface area contributed by atoms with Crippen LogP contribution in [0.3, 0.4) is 0 Å². The van der Waals surface area contributed by atoms with Gasteiger partial charge in [0.15, 0.2) is 0 Å². The zero-order valence-corrected chi connectivity index (χ0v) is 18.3. The Hall–Kier alpha value is -3.23. The molecule has 168 valence electrons. The van der Waals surface area contributed by atoms with Gasteiger partial charge >= 0.3 is 0 Å². The van der Waals surface area contributed by atoms with Crippen LogP contribution in [0.15, 0.2) is 54.6 Å². The van der Waals surface area contributed by atoms with E-state index in [9.17, 15) is 9.18 Å². The molecular weight excluding hydrogens is 411 g/mol. The van der Waals surface area contributed by atoms with Gasteiger partial charge in [0, 0.05) is 32.2 Å². The molecule has 1 fully saturated rings. The summed E-state index contributed by atoms with van der Waals surface area (Å²) >= 11 is 0. The van der Waals surface area contributed by atoms with E-state index in [1.54, 1.807) is 37.0 Å². The second-order valence-corrected chi connectivity index (χ2v) is 7.70. The maximum atomic E-state index is 13.2. The van der Waals surface area contributed by atoms with Gasteiger partial charge in [0.25, 0.3) is 5.91 Å². The van der Waals surface area contributed by atoms with Crippen LogP contribution in [0.2, 0.25) is 0 Å². The highest BCUT2D eigenvalue weighted by Gasteiger charge is 2.24. The summed E-state index contributed by atoms with van der Waals surface area (Å²) in [5.41, 5.74) is 2.89. The molecule has 32 heavy (non-hydrogen) atoms. The highest BCUT2D eigenvalue weighted by Crippen LogP contribution is 2.25. The van der Waals surface area contributed by atoms with Crippen LogP contribution in [0.5, 0.6) is 5.75 Å². The Labute approximate surface area is 186 Å². The van der Waals surface area contributed by atoms with Crippen LogP contribution in [0.25, 0.3) is 11.3 Å². The number of carbonyl (C=O) groups excluding carboxylic acids is 1. The Morgan fingerprint density at radius 3 is 2.66 bits per heavy atom. The lowest BCUT2D eigenvalue weighted by atomic mass is 10.0. The van der Waals surface area contributed by atoms with Crippen LogP contribution >= 0.6 is 0 Å². The van der Waals surface area contributed by atoms with Crippen molar-refractivity contribution in [3.05, 3.63) is 71.7 Å². The number of nitrogens with zero attached hydrogens (tertiary/aromatic N) is 3. The molecule has 8 heteroatoms. The number of hydrogen-bond donors (Lipinski definition) is 1. The number of benzene rings is 2. The zero-order valence-electron chi connectivity index (χ0n) is 18.3. The second-order valence-electron chi connectivity index (χ2n) is 7.70. The highest BCUT2D eigenvalue weighted by molar-refractivity contribution is 5.93. The fourth-order valence-electron chi connectivity index (χ4n) is 3.92. The van der Waals surface area contributed by atoms with Gasteiger partial charge in [0.1, 0.15) is 17.3 Å². The lowest BCUT2D eigenvalue weighted by molar-refractivity contribution is 0.0161. The fourth-order valence-corrected chi connectivity index (χ4v) is 3.92. The molecule has 2 heterocycles. The van der Waals surface area contributed by atoms with Gasteiger partial charge in [0.05, 0.1) is 32.1 Å². The number of rotatable bonds is 7. The van der Waals surface area contributed by atoms with Crippen molar-refractivity contribution < 1.29 is 18.7 Å². The summed E-state index contributed by atoms with van der Waals surface area (Å²) < 4.78 is 25.7. The Bertz CT molecular complexity index is 1060. The summed E-state index contributed by atoms with van der Waals surface area (Å²) in [6.45, 7) is 3.34. The molecule has 0 bridgehead atoms. The molecule has 1 unspecified atom stereocenters. The van der Waals surface area contributed by atoms with E-state index < -0.39 is 0 Å². The minimum Gasteiger partial charge on any atom is -0.497 e. The Balaban J connectivity index is 1.51. The standard InChI is InChI=1S/C24H27FN4O3/c1-28-22(15-21(27-28)17-6-8-19(25)9-7-17)24(30)26-16-23(29-10-12-32-13-11-29)18-4-3-5-20(14-18)31-2/h3-9,14-15,23H,10-13,16H2,1-2H3,(H,26,30). The highest BCUT2D eigenvalue weighted by atomic mass is 19.1. The van der Waals surface area contributed by atoms with Crippen molar-refractivity contribution in [1.29, 1.82) is 0 Å². The number of amides is 1. The van der Waals surface area contributed by atoms with Gasteiger partial charge in [-0.15, -0.1) is 0 Å². The van der Waals surface area contributed by atoms with Crippen molar-refractivity contribution in [2.24, 2.45) is 7.05 Å². The van der Waals surface area contributed by atoms with E-state index in [0.717, 1.165) is 30.0 Å². The Morgan fingerprint density at radius 2 is 1.94 bits per heavy atom. The van der Waals surface area contributed by atoms with E-state index in [1.807, 2.05) is 24.3 Å². The first-order valence-electron chi connectivity index (χ1n) is 10.6. The van der Waals surface area contributed by atoms with Gasteiger partial charge in [-0.1, -0.05) is 12.1 Å². The largest absolute Gasteiger partial charge is 0.497 e. The molecule has 0 aliphatic carbocycles. The molecule has 2 aromatic carbocycles. The molecular formula is C24H27FN4O3. The van der Waals surface area contributed by atoms with Gasteiger partial charge in [-0.3, -0.25) is 14.4 Å². The van der Waals surface area contributed by atoms with Crippen LogP contribution in [0, 0.1) is 5.82 Å². The van der Waals surface area contributed by atoms with Gasteiger partial charge in [0.2, 0.25) is 0 Å². The number of morpholine rings is 1. The number of aromatic nitrogens is 2. The lowest BCUT2D eigenvalue weighted by Gasteiger charge is -2.35. The molecule has 3 aromatic rings. The molecule has 1 atom stereocenters. The van der Waals surface area contributed by atoms with E-state index >= 15 is 0 Å². The average molecular weight is 439 g/mol. The summed E-state index contributed by atoms with van der Waals surface area (Å²) in [4.78, 5) is 15.3. The Kier molecular flexibility index (Phi) is 6.82. The average Bonchev–Trinajstić information content (AvgIpc) is 3.22. The summed E-state index contributed by atoms with van der Waals surface area (Å²) in [6, 6.07) is 15.7. The number of halogens is 1.